The van der Waals surface area contributed by atoms with Crippen LogP contribution >= 0.6 is 0 Å². The van der Waals surface area contributed by atoms with Crippen LogP contribution in [0.15, 0.2) is 60.7 Å². The normalized spacial score (nSPS) is 14.1. The predicted molar refractivity (Wildman–Crippen MR) is 190 cm³/mol. The van der Waals surface area contributed by atoms with Crippen molar-refractivity contribution in [3.63, 3.8) is 0 Å². The topological polar surface area (TPSA) is 13.0 Å². The minimum Gasteiger partial charge on any atom is -0.352 e. The molecular formula is C40H50N4. The van der Waals surface area contributed by atoms with Crippen LogP contribution in [-0.4, -0.2) is 26.4 Å². The standard InChI is InChI=1S/C40H50N4/c1-27-21-28(2)32(6)35(31(27)5)23-43-25-41(37-15-9-11-17-39(37)43)19-13-14-20-42-26-44(40-18-12-10-16-38(40)42)24-36-33(7)29(3)22-30(4)34(36)8/h9-12,15-18,21-22H,13-14,19-20,23-26H2,1-8H3. The third kappa shape index (κ3) is 5.56. The Hall–Kier alpha value is -3.92. The number of benzene rings is 4. The first-order valence-electron chi connectivity index (χ1n) is 16.4. The van der Waals surface area contributed by atoms with E-state index in [0.29, 0.717) is 0 Å². The van der Waals surface area contributed by atoms with Crippen molar-refractivity contribution in [2.24, 2.45) is 0 Å². The molecule has 230 valence electrons. The van der Waals surface area contributed by atoms with E-state index in [1.807, 2.05) is 0 Å². The van der Waals surface area contributed by atoms with Crippen molar-refractivity contribution in [3.05, 3.63) is 116 Å². The molecule has 4 aromatic carbocycles. The highest BCUT2D eigenvalue weighted by Gasteiger charge is 2.28. The molecule has 0 radical (unpaired) electrons. The monoisotopic (exact) mass is 586 g/mol. The van der Waals surface area contributed by atoms with Gasteiger partial charge in [0.25, 0.3) is 0 Å². The Morgan fingerprint density at radius 2 is 0.727 bits per heavy atom. The van der Waals surface area contributed by atoms with Gasteiger partial charge in [0.05, 0.1) is 36.1 Å². The van der Waals surface area contributed by atoms with Gasteiger partial charge in [0, 0.05) is 26.2 Å². The van der Waals surface area contributed by atoms with Crippen LogP contribution in [-0.2, 0) is 13.1 Å². The van der Waals surface area contributed by atoms with Gasteiger partial charge in [0.15, 0.2) is 0 Å². The third-order valence-corrected chi connectivity index (χ3v) is 10.7. The number of unbranched alkanes of at least 4 members (excludes halogenated alkanes) is 1. The number of hydrogen-bond acceptors (Lipinski definition) is 4. The number of aryl methyl sites for hydroxylation is 4. The third-order valence-electron chi connectivity index (χ3n) is 10.7. The summed E-state index contributed by atoms with van der Waals surface area (Å²) in [6, 6.07) is 22.7. The lowest BCUT2D eigenvalue weighted by Gasteiger charge is -2.26. The maximum atomic E-state index is 2.60. The minimum atomic E-state index is 0.958. The van der Waals surface area contributed by atoms with Crippen LogP contribution in [0, 0.1) is 55.4 Å². The Bertz CT molecular complexity index is 1510. The van der Waals surface area contributed by atoms with Crippen molar-refractivity contribution in [3.8, 4) is 0 Å². The van der Waals surface area contributed by atoms with Crippen LogP contribution in [0.5, 0.6) is 0 Å². The highest BCUT2D eigenvalue weighted by Crippen LogP contribution is 2.39. The smallest absolute Gasteiger partial charge is 0.0907 e. The van der Waals surface area contributed by atoms with E-state index in [4.69, 9.17) is 0 Å². The lowest BCUT2D eigenvalue weighted by Crippen LogP contribution is -2.33. The molecule has 0 saturated carbocycles. The number of fused-ring (bicyclic) bond motifs is 2. The predicted octanol–water partition coefficient (Wildman–Crippen LogP) is 9.20. The summed E-state index contributed by atoms with van der Waals surface area (Å²) in [5, 5.41) is 0. The lowest BCUT2D eigenvalue weighted by molar-refractivity contribution is 0.659. The van der Waals surface area contributed by atoms with Gasteiger partial charge in [-0.25, -0.2) is 0 Å². The number of rotatable bonds is 9. The molecule has 0 aromatic heterocycles. The van der Waals surface area contributed by atoms with E-state index in [0.717, 1.165) is 39.5 Å². The summed E-state index contributed by atoms with van der Waals surface area (Å²) in [6.45, 7) is 24.2. The average Bonchev–Trinajstić information content (AvgIpc) is 3.55. The fraction of sp³-hybridized carbons (Fsp3) is 0.400. The first kappa shape index (κ1) is 30.1. The molecule has 0 bridgehead atoms. The van der Waals surface area contributed by atoms with E-state index in [1.165, 1.54) is 91.2 Å². The molecule has 0 atom stereocenters. The fourth-order valence-corrected chi connectivity index (χ4v) is 7.43. The van der Waals surface area contributed by atoms with Gasteiger partial charge in [-0.3, -0.25) is 0 Å². The Morgan fingerprint density at radius 1 is 0.432 bits per heavy atom. The molecule has 4 aromatic rings. The molecule has 4 nitrogen and oxygen atoms in total. The molecule has 0 amide bonds. The van der Waals surface area contributed by atoms with Crippen molar-refractivity contribution in [1.82, 2.24) is 0 Å². The van der Waals surface area contributed by atoms with Gasteiger partial charge in [-0.2, -0.15) is 0 Å². The molecule has 44 heavy (non-hydrogen) atoms. The molecule has 4 heteroatoms. The molecule has 0 aliphatic carbocycles. The molecule has 0 N–H and O–H groups in total. The zero-order valence-electron chi connectivity index (χ0n) is 28.2. The Kier molecular flexibility index (Phi) is 8.37. The zero-order valence-corrected chi connectivity index (χ0v) is 28.2. The van der Waals surface area contributed by atoms with Crippen molar-refractivity contribution in [1.29, 1.82) is 0 Å². The van der Waals surface area contributed by atoms with Crippen LogP contribution in [0.25, 0.3) is 0 Å². The van der Waals surface area contributed by atoms with Crippen LogP contribution < -0.4 is 19.6 Å². The summed E-state index contributed by atoms with van der Waals surface area (Å²) in [7, 11) is 0. The van der Waals surface area contributed by atoms with Crippen LogP contribution in [0.4, 0.5) is 22.7 Å². The molecule has 2 heterocycles. The molecule has 0 saturated heterocycles. The van der Waals surface area contributed by atoms with Gasteiger partial charge in [-0.05, 0) is 148 Å². The molecule has 2 aliphatic rings. The Balaban J connectivity index is 1.10. The second kappa shape index (κ2) is 12.2. The Labute approximate surface area is 265 Å². The van der Waals surface area contributed by atoms with E-state index < -0.39 is 0 Å². The summed E-state index contributed by atoms with van der Waals surface area (Å²) in [5.74, 6) is 0. The summed E-state index contributed by atoms with van der Waals surface area (Å²) in [5.41, 5.74) is 19.8. The van der Waals surface area contributed by atoms with Crippen molar-refractivity contribution < 1.29 is 0 Å². The maximum absolute atomic E-state index is 2.60. The first-order chi connectivity index (χ1) is 21.1. The van der Waals surface area contributed by atoms with Gasteiger partial charge >= 0.3 is 0 Å². The summed E-state index contributed by atoms with van der Waals surface area (Å²) >= 11 is 0. The molecular weight excluding hydrogens is 536 g/mol. The van der Waals surface area contributed by atoms with Crippen LogP contribution in [0.2, 0.25) is 0 Å². The summed E-state index contributed by atoms with van der Waals surface area (Å²) in [4.78, 5) is 10.3. The second-order valence-corrected chi connectivity index (χ2v) is 13.4. The van der Waals surface area contributed by atoms with Crippen LogP contribution in [0.3, 0.4) is 0 Å². The van der Waals surface area contributed by atoms with Gasteiger partial charge in [-0.15, -0.1) is 0 Å². The number of hydrogen-bond donors (Lipinski definition) is 0. The Morgan fingerprint density at radius 3 is 1.05 bits per heavy atom. The van der Waals surface area contributed by atoms with Crippen molar-refractivity contribution in [2.45, 2.75) is 81.3 Å². The first-order valence-corrected chi connectivity index (χ1v) is 16.4. The average molecular weight is 587 g/mol. The van der Waals surface area contributed by atoms with E-state index in [2.05, 4.69) is 136 Å². The molecule has 0 unspecified atom stereocenters. The fourth-order valence-electron chi connectivity index (χ4n) is 7.43. The SMILES string of the molecule is Cc1cc(C)c(C)c(CN2CN(CCCCN3CN(Cc4c(C)c(C)cc(C)c4C)c4ccccc43)c3ccccc32)c1C. The number of nitrogens with zero attached hydrogens (tertiary/aromatic N) is 4. The van der Waals surface area contributed by atoms with E-state index in [9.17, 15) is 0 Å². The molecule has 2 aliphatic heterocycles. The van der Waals surface area contributed by atoms with Crippen molar-refractivity contribution >= 4 is 22.7 Å². The van der Waals surface area contributed by atoms with Gasteiger partial charge in [0.2, 0.25) is 0 Å². The maximum Gasteiger partial charge on any atom is 0.0907 e. The van der Waals surface area contributed by atoms with Crippen molar-refractivity contribution in [2.75, 3.05) is 46.0 Å². The highest BCUT2D eigenvalue weighted by molar-refractivity contribution is 5.77. The molecule has 6 rings (SSSR count). The van der Waals surface area contributed by atoms with E-state index >= 15 is 0 Å². The number of anilines is 4. The van der Waals surface area contributed by atoms with Gasteiger partial charge in [0.1, 0.15) is 0 Å². The summed E-state index contributed by atoms with van der Waals surface area (Å²) in [6.07, 6.45) is 2.36. The zero-order chi connectivity index (χ0) is 31.1. The largest absolute Gasteiger partial charge is 0.352 e. The van der Waals surface area contributed by atoms with Gasteiger partial charge < -0.3 is 19.6 Å². The van der Waals surface area contributed by atoms with Crippen LogP contribution in [0.1, 0.15) is 68.5 Å². The highest BCUT2D eigenvalue weighted by atomic mass is 15.4. The van der Waals surface area contributed by atoms with E-state index in [-0.39, 0.29) is 0 Å². The molecule has 0 spiro atoms. The quantitative estimate of drug-likeness (QED) is 0.181. The number of para-hydroxylation sites is 4. The second-order valence-electron chi connectivity index (χ2n) is 13.4. The minimum absolute atomic E-state index is 0.958. The van der Waals surface area contributed by atoms with E-state index in [1.54, 1.807) is 0 Å². The summed E-state index contributed by atoms with van der Waals surface area (Å²) < 4.78 is 0. The molecule has 0 fully saturated rings. The van der Waals surface area contributed by atoms with Gasteiger partial charge in [-0.1, -0.05) is 36.4 Å². The lowest BCUT2D eigenvalue weighted by atomic mass is 9.94.